The van der Waals surface area contributed by atoms with E-state index in [1.807, 2.05) is 39.5 Å². The Morgan fingerprint density at radius 1 is 1.07 bits per heavy atom. The fraction of sp³-hybridized carbons (Fsp3) is 0.238. The molecule has 1 saturated heterocycles. The lowest BCUT2D eigenvalue weighted by Gasteiger charge is -2.27. The second-order valence-corrected chi connectivity index (χ2v) is 7.40. The highest BCUT2D eigenvalue weighted by Gasteiger charge is 2.40. The van der Waals surface area contributed by atoms with Crippen molar-refractivity contribution >= 4 is 28.7 Å². The maximum absolute atomic E-state index is 5.74. The lowest BCUT2D eigenvalue weighted by atomic mass is 9.98. The number of aryl methyl sites for hydroxylation is 1. The lowest BCUT2D eigenvalue weighted by Crippen LogP contribution is -2.29. The number of anilines is 2. The second kappa shape index (κ2) is 7.04. The van der Waals surface area contributed by atoms with Crippen molar-refractivity contribution in [3.8, 4) is 0 Å². The number of nitrogens with one attached hydrogen (secondary N) is 1. The molecule has 4 rings (SSSR count). The highest BCUT2D eigenvalue weighted by atomic mass is 32.1. The predicted molar refractivity (Wildman–Crippen MR) is 114 cm³/mol. The SMILES string of the molecule is CN(C)c1ccc(N2C(=S)N[C@@H](c3ccccn3)[C@H]2c2ccn(C)c2)cc1. The van der Waals surface area contributed by atoms with E-state index >= 15 is 0 Å². The van der Waals surface area contributed by atoms with Gasteiger partial charge in [-0.1, -0.05) is 6.07 Å². The van der Waals surface area contributed by atoms with Gasteiger partial charge in [-0.05, 0) is 60.2 Å². The molecule has 0 aliphatic carbocycles. The summed E-state index contributed by atoms with van der Waals surface area (Å²) in [6.07, 6.45) is 6.05. The summed E-state index contributed by atoms with van der Waals surface area (Å²) in [7, 11) is 6.12. The molecule has 0 radical (unpaired) electrons. The maximum Gasteiger partial charge on any atom is 0.174 e. The fourth-order valence-electron chi connectivity index (χ4n) is 3.58. The summed E-state index contributed by atoms with van der Waals surface area (Å²) in [6.45, 7) is 0. The van der Waals surface area contributed by atoms with E-state index in [2.05, 4.69) is 73.5 Å². The Morgan fingerprint density at radius 3 is 2.44 bits per heavy atom. The van der Waals surface area contributed by atoms with Crippen molar-refractivity contribution in [1.82, 2.24) is 14.9 Å². The van der Waals surface area contributed by atoms with Gasteiger partial charge in [0.05, 0.1) is 17.8 Å². The van der Waals surface area contributed by atoms with Crippen LogP contribution in [-0.2, 0) is 7.05 Å². The molecule has 0 amide bonds. The van der Waals surface area contributed by atoms with Gasteiger partial charge in [-0.3, -0.25) is 4.98 Å². The molecule has 0 unspecified atom stereocenters. The van der Waals surface area contributed by atoms with Gasteiger partial charge in [0.25, 0.3) is 0 Å². The van der Waals surface area contributed by atoms with Crippen molar-refractivity contribution in [2.75, 3.05) is 23.9 Å². The van der Waals surface area contributed by atoms with Gasteiger partial charge >= 0.3 is 0 Å². The highest BCUT2D eigenvalue weighted by molar-refractivity contribution is 7.80. The fourth-order valence-corrected chi connectivity index (χ4v) is 3.93. The molecule has 5 nitrogen and oxygen atoms in total. The third kappa shape index (κ3) is 3.28. The quantitative estimate of drug-likeness (QED) is 0.702. The molecule has 27 heavy (non-hydrogen) atoms. The smallest absolute Gasteiger partial charge is 0.174 e. The Kier molecular flexibility index (Phi) is 4.58. The van der Waals surface area contributed by atoms with Crippen molar-refractivity contribution in [2.24, 2.45) is 7.05 Å². The Balaban J connectivity index is 1.78. The minimum atomic E-state index is -0.00498. The number of benzene rings is 1. The standard InChI is InChI=1S/C21H23N5S/c1-24(2)16-7-9-17(10-8-16)26-20(15-11-13-25(3)14-15)19(23-21(26)27)18-6-4-5-12-22-18/h4-14,19-20H,1-3H3,(H,23,27)/t19-,20+/m0/s1. The molecule has 6 heteroatoms. The molecule has 0 spiro atoms. The number of hydrogen-bond acceptors (Lipinski definition) is 3. The van der Waals surface area contributed by atoms with E-state index in [9.17, 15) is 0 Å². The molecule has 1 aromatic carbocycles. The van der Waals surface area contributed by atoms with Crippen LogP contribution in [0.4, 0.5) is 11.4 Å². The van der Waals surface area contributed by atoms with E-state index in [-0.39, 0.29) is 12.1 Å². The largest absolute Gasteiger partial charge is 0.378 e. The number of rotatable bonds is 4. The zero-order valence-electron chi connectivity index (χ0n) is 15.7. The summed E-state index contributed by atoms with van der Waals surface area (Å²) in [5.41, 5.74) is 4.43. The summed E-state index contributed by atoms with van der Waals surface area (Å²) in [6, 6.07) is 16.7. The molecule has 1 aliphatic heterocycles. The molecule has 0 saturated carbocycles. The van der Waals surface area contributed by atoms with Gasteiger partial charge in [0.2, 0.25) is 0 Å². The van der Waals surface area contributed by atoms with Crippen LogP contribution in [0.1, 0.15) is 23.3 Å². The monoisotopic (exact) mass is 377 g/mol. The summed E-state index contributed by atoms with van der Waals surface area (Å²) >= 11 is 5.74. The third-order valence-electron chi connectivity index (χ3n) is 4.94. The molecule has 1 aliphatic rings. The van der Waals surface area contributed by atoms with Crippen LogP contribution in [0.2, 0.25) is 0 Å². The third-order valence-corrected chi connectivity index (χ3v) is 5.25. The van der Waals surface area contributed by atoms with Crippen molar-refractivity contribution in [2.45, 2.75) is 12.1 Å². The van der Waals surface area contributed by atoms with Crippen LogP contribution >= 0.6 is 12.2 Å². The summed E-state index contributed by atoms with van der Waals surface area (Å²) < 4.78 is 2.07. The minimum Gasteiger partial charge on any atom is -0.378 e. The average Bonchev–Trinajstić information content (AvgIpc) is 3.25. The van der Waals surface area contributed by atoms with E-state index in [1.165, 1.54) is 5.56 Å². The summed E-state index contributed by atoms with van der Waals surface area (Å²) in [5, 5.41) is 4.21. The van der Waals surface area contributed by atoms with Crippen LogP contribution in [0, 0.1) is 0 Å². The number of nitrogens with zero attached hydrogens (tertiary/aromatic N) is 4. The lowest BCUT2D eigenvalue weighted by molar-refractivity contribution is 0.567. The molecule has 138 valence electrons. The number of pyridine rings is 1. The van der Waals surface area contributed by atoms with E-state index in [0.29, 0.717) is 0 Å². The molecule has 2 atom stereocenters. The van der Waals surface area contributed by atoms with Crippen LogP contribution in [0.15, 0.2) is 67.1 Å². The van der Waals surface area contributed by atoms with E-state index < -0.39 is 0 Å². The minimum absolute atomic E-state index is 0.00498. The van der Waals surface area contributed by atoms with Crippen LogP contribution in [0.3, 0.4) is 0 Å². The zero-order chi connectivity index (χ0) is 19.0. The Labute approximate surface area is 165 Å². The molecular weight excluding hydrogens is 354 g/mol. The van der Waals surface area contributed by atoms with Gasteiger partial charge in [0.1, 0.15) is 0 Å². The van der Waals surface area contributed by atoms with E-state index in [0.717, 1.165) is 22.2 Å². The second-order valence-electron chi connectivity index (χ2n) is 7.02. The topological polar surface area (TPSA) is 36.3 Å². The van der Waals surface area contributed by atoms with Crippen LogP contribution in [0.25, 0.3) is 0 Å². The van der Waals surface area contributed by atoms with Crippen molar-refractivity contribution < 1.29 is 0 Å². The van der Waals surface area contributed by atoms with E-state index in [4.69, 9.17) is 12.2 Å². The molecular formula is C21H23N5S. The first-order valence-corrected chi connectivity index (χ1v) is 9.35. The van der Waals surface area contributed by atoms with Crippen molar-refractivity contribution in [1.29, 1.82) is 0 Å². The Bertz CT molecular complexity index is 933. The average molecular weight is 378 g/mol. The molecule has 1 N–H and O–H groups in total. The zero-order valence-corrected chi connectivity index (χ0v) is 16.5. The predicted octanol–water partition coefficient (Wildman–Crippen LogP) is 3.66. The number of hydrogen-bond donors (Lipinski definition) is 1. The van der Waals surface area contributed by atoms with Gasteiger partial charge < -0.3 is 19.7 Å². The van der Waals surface area contributed by atoms with Crippen molar-refractivity contribution in [3.63, 3.8) is 0 Å². The highest BCUT2D eigenvalue weighted by Crippen LogP contribution is 2.41. The first kappa shape index (κ1) is 17.5. The number of thiocarbonyl (C=S) groups is 1. The van der Waals surface area contributed by atoms with Crippen LogP contribution in [0.5, 0.6) is 0 Å². The first-order chi connectivity index (χ1) is 13.0. The van der Waals surface area contributed by atoms with Gasteiger partial charge in [-0.25, -0.2) is 0 Å². The van der Waals surface area contributed by atoms with Gasteiger partial charge in [-0.15, -0.1) is 0 Å². The first-order valence-electron chi connectivity index (χ1n) is 8.94. The maximum atomic E-state index is 5.74. The molecule has 3 aromatic rings. The molecule has 3 heterocycles. The van der Waals surface area contributed by atoms with Crippen molar-refractivity contribution in [3.05, 3.63) is 78.4 Å². The Hall–Kier alpha value is -2.86. The summed E-state index contributed by atoms with van der Waals surface area (Å²) in [5.74, 6) is 0. The van der Waals surface area contributed by atoms with Gasteiger partial charge in [0.15, 0.2) is 5.11 Å². The van der Waals surface area contributed by atoms with Crippen LogP contribution < -0.4 is 15.1 Å². The van der Waals surface area contributed by atoms with Gasteiger partial charge in [-0.2, -0.15) is 0 Å². The molecule has 1 fully saturated rings. The Morgan fingerprint density at radius 2 is 1.85 bits per heavy atom. The van der Waals surface area contributed by atoms with Gasteiger partial charge in [0, 0.05) is 51.1 Å². The summed E-state index contributed by atoms with van der Waals surface area (Å²) in [4.78, 5) is 8.87. The number of aromatic nitrogens is 2. The van der Waals surface area contributed by atoms with Crippen LogP contribution in [-0.4, -0.2) is 28.8 Å². The molecule has 0 bridgehead atoms. The normalized spacial score (nSPS) is 19.2. The van der Waals surface area contributed by atoms with E-state index in [1.54, 1.807) is 0 Å². The molecule has 2 aromatic heterocycles.